The van der Waals surface area contributed by atoms with E-state index in [1.54, 1.807) is 0 Å². The van der Waals surface area contributed by atoms with Crippen LogP contribution < -0.4 is 5.32 Å². The Kier molecular flexibility index (Phi) is 8.56. The lowest BCUT2D eigenvalue weighted by atomic mass is 10.1. The van der Waals surface area contributed by atoms with Crippen molar-refractivity contribution in [2.75, 3.05) is 11.9 Å². The molecular formula is C18H29NO2. The second-order valence-corrected chi connectivity index (χ2v) is 5.64. The zero-order valence-electron chi connectivity index (χ0n) is 13.7. The number of nitrogens with one attached hydrogen (secondary N) is 1. The minimum Gasteiger partial charge on any atom is -0.463 e. The molecule has 118 valence electrons. The molecule has 0 aliphatic carbocycles. The van der Waals surface area contributed by atoms with Crippen molar-refractivity contribution in [2.45, 2.75) is 65.4 Å². The minimum atomic E-state index is -0.112. The van der Waals surface area contributed by atoms with Crippen LogP contribution in [0.5, 0.6) is 0 Å². The highest BCUT2D eigenvalue weighted by atomic mass is 16.5. The summed E-state index contributed by atoms with van der Waals surface area (Å²) in [5, 5.41) is 3.28. The maximum absolute atomic E-state index is 11.8. The first kappa shape index (κ1) is 17.5. The van der Waals surface area contributed by atoms with Gasteiger partial charge in [0.15, 0.2) is 0 Å². The van der Waals surface area contributed by atoms with Crippen LogP contribution in [0.1, 0.15) is 57.9 Å². The summed E-state index contributed by atoms with van der Waals surface area (Å²) in [4.78, 5) is 11.8. The maximum atomic E-state index is 11.8. The van der Waals surface area contributed by atoms with E-state index in [4.69, 9.17) is 4.74 Å². The second-order valence-electron chi connectivity index (χ2n) is 5.64. The molecule has 3 nitrogen and oxygen atoms in total. The summed E-state index contributed by atoms with van der Waals surface area (Å²) in [7, 11) is 0. The smallest absolute Gasteiger partial charge is 0.307 e. The topological polar surface area (TPSA) is 38.3 Å². The van der Waals surface area contributed by atoms with Crippen LogP contribution in [-0.2, 0) is 9.53 Å². The second kappa shape index (κ2) is 10.3. The Labute approximate surface area is 129 Å². The predicted octanol–water partition coefficient (Wildman–Crippen LogP) is 4.70. The van der Waals surface area contributed by atoms with Gasteiger partial charge >= 0.3 is 5.97 Å². The van der Waals surface area contributed by atoms with Crippen molar-refractivity contribution in [2.24, 2.45) is 0 Å². The van der Waals surface area contributed by atoms with Crippen molar-refractivity contribution in [3.63, 3.8) is 0 Å². The summed E-state index contributed by atoms with van der Waals surface area (Å²) in [6.07, 6.45) is 6.29. The van der Waals surface area contributed by atoms with Gasteiger partial charge in [-0.05, 0) is 38.3 Å². The first-order chi connectivity index (χ1) is 10.1. The molecule has 0 aliphatic heterocycles. The van der Waals surface area contributed by atoms with Crippen LogP contribution in [0.4, 0.5) is 5.69 Å². The van der Waals surface area contributed by atoms with Crippen LogP contribution in [-0.4, -0.2) is 18.6 Å². The zero-order chi connectivity index (χ0) is 15.5. The van der Waals surface area contributed by atoms with E-state index in [-0.39, 0.29) is 12.1 Å². The largest absolute Gasteiger partial charge is 0.463 e. The molecule has 21 heavy (non-hydrogen) atoms. The average molecular weight is 291 g/mol. The Morgan fingerprint density at radius 1 is 1.24 bits per heavy atom. The highest BCUT2D eigenvalue weighted by Crippen LogP contribution is 2.13. The summed E-state index contributed by atoms with van der Waals surface area (Å²) in [5.74, 6) is -0.112. The van der Waals surface area contributed by atoms with Crippen molar-refractivity contribution in [1.29, 1.82) is 0 Å². The number of anilines is 1. The average Bonchev–Trinajstić information content (AvgIpc) is 2.45. The first-order valence-electron chi connectivity index (χ1n) is 8.12. The lowest BCUT2D eigenvalue weighted by molar-refractivity contribution is -0.148. The molecule has 0 amide bonds. The van der Waals surface area contributed by atoms with Gasteiger partial charge in [0, 0.05) is 12.2 Å². The van der Waals surface area contributed by atoms with Crippen molar-refractivity contribution in [1.82, 2.24) is 0 Å². The quantitative estimate of drug-likeness (QED) is 0.501. The molecule has 1 aromatic carbocycles. The first-order valence-corrected chi connectivity index (χ1v) is 8.12. The summed E-state index contributed by atoms with van der Waals surface area (Å²) in [5.41, 5.74) is 2.27. The van der Waals surface area contributed by atoms with Crippen LogP contribution in [0.3, 0.4) is 0 Å². The Hall–Kier alpha value is -1.51. The monoisotopic (exact) mass is 291 g/mol. The van der Waals surface area contributed by atoms with Crippen molar-refractivity contribution in [3.8, 4) is 0 Å². The highest BCUT2D eigenvalue weighted by Gasteiger charge is 2.09. The van der Waals surface area contributed by atoms with E-state index < -0.39 is 0 Å². The van der Waals surface area contributed by atoms with Gasteiger partial charge in [0.25, 0.3) is 0 Å². The van der Waals surface area contributed by atoms with Gasteiger partial charge in [0.1, 0.15) is 0 Å². The zero-order valence-corrected chi connectivity index (χ0v) is 13.7. The van der Waals surface area contributed by atoms with Gasteiger partial charge in [0.05, 0.1) is 12.5 Å². The van der Waals surface area contributed by atoms with Crippen LogP contribution >= 0.6 is 0 Å². The molecule has 0 aromatic heterocycles. The normalized spacial score (nSPS) is 12.0. The predicted molar refractivity (Wildman–Crippen MR) is 88.6 cm³/mol. The van der Waals surface area contributed by atoms with Crippen molar-refractivity contribution >= 4 is 11.7 Å². The number of aryl methyl sites for hydroxylation is 1. The third kappa shape index (κ3) is 7.74. The summed E-state index contributed by atoms with van der Waals surface area (Å²) >= 11 is 0. The van der Waals surface area contributed by atoms with Gasteiger partial charge < -0.3 is 10.1 Å². The molecule has 0 heterocycles. The van der Waals surface area contributed by atoms with Crippen molar-refractivity contribution in [3.05, 3.63) is 29.8 Å². The molecule has 0 saturated carbocycles. The maximum Gasteiger partial charge on any atom is 0.307 e. The SMILES string of the molecule is CCCCCCC(C)OC(=O)CCNc1ccccc1C. The van der Waals surface area contributed by atoms with Gasteiger partial charge in [0.2, 0.25) is 0 Å². The standard InChI is InChI=1S/C18H29NO2/c1-4-5-6-7-11-16(3)21-18(20)13-14-19-17-12-9-8-10-15(17)2/h8-10,12,16,19H,4-7,11,13-14H2,1-3H3. The number of unbranched alkanes of at least 4 members (excludes halogenated alkanes) is 3. The molecule has 0 spiro atoms. The number of rotatable bonds is 10. The van der Waals surface area contributed by atoms with Gasteiger partial charge in [-0.1, -0.05) is 44.4 Å². The minimum absolute atomic E-state index is 0.0350. The van der Waals surface area contributed by atoms with E-state index in [9.17, 15) is 4.79 Å². The van der Waals surface area contributed by atoms with E-state index >= 15 is 0 Å². The van der Waals surface area contributed by atoms with E-state index in [1.807, 2.05) is 25.1 Å². The number of carbonyl (C=O) groups excluding carboxylic acids is 1. The van der Waals surface area contributed by atoms with Gasteiger partial charge in [-0.25, -0.2) is 0 Å². The third-order valence-electron chi connectivity index (χ3n) is 3.59. The highest BCUT2D eigenvalue weighted by molar-refractivity contribution is 5.70. The molecule has 0 bridgehead atoms. The molecule has 1 atom stereocenters. The Morgan fingerprint density at radius 2 is 2.00 bits per heavy atom. The van der Waals surface area contributed by atoms with Crippen LogP contribution in [0, 0.1) is 6.92 Å². The summed E-state index contributed by atoms with van der Waals surface area (Å²) in [6.45, 7) is 6.86. The molecule has 0 radical (unpaired) electrons. The van der Waals surface area contributed by atoms with Gasteiger partial charge in [-0.3, -0.25) is 4.79 Å². The number of carbonyl (C=O) groups is 1. The van der Waals surface area contributed by atoms with Crippen LogP contribution in [0.25, 0.3) is 0 Å². The van der Waals surface area contributed by atoms with Gasteiger partial charge in [-0.2, -0.15) is 0 Å². The molecule has 0 saturated heterocycles. The van der Waals surface area contributed by atoms with E-state index in [2.05, 4.69) is 25.2 Å². The fraction of sp³-hybridized carbons (Fsp3) is 0.611. The lowest BCUT2D eigenvalue weighted by Crippen LogP contribution is -2.17. The Balaban J connectivity index is 2.15. The number of esters is 1. The molecule has 0 fully saturated rings. The fourth-order valence-electron chi connectivity index (χ4n) is 2.27. The van der Waals surface area contributed by atoms with E-state index in [0.29, 0.717) is 13.0 Å². The molecule has 0 aliphatic rings. The van der Waals surface area contributed by atoms with Crippen molar-refractivity contribution < 1.29 is 9.53 Å². The Morgan fingerprint density at radius 3 is 2.71 bits per heavy atom. The van der Waals surface area contributed by atoms with Crippen LogP contribution in [0.15, 0.2) is 24.3 Å². The van der Waals surface area contributed by atoms with Gasteiger partial charge in [-0.15, -0.1) is 0 Å². The fourth-order valence-corrected chi connectivity index (χ4v) is 2.27. The number of ether oxygens (including phenoxy) is 1. The lowest BCUT2D eigenvalue weighted by Gasteiger charge is -2.14. The number of hydrogen-bond donors (Lipinski definition) is 1. The Bertz CT molecular complexity index is 417. The molecule has 1 rings (SSSR count). The van der Waals surface area contributed by atoms with Crippen LogP contribution in [0.2, 0.25) is 0 Å². The van der Waals surface area contributed by atoms with E-state index in [0.717, 1.165) is 18.5 Å². The summed E-state index contributed by atoms with van der Waals surface area (Å²) in [6, 6.07) is 8.08. The summed E-state index contributed by atoms with van der Waals surface area (Å²) < 4.78 is 5.42. The molecule has 3 heteroatoms. The molecule has 1 aromatic rings. The third-order valence-corrected chi connectivity index (χ3v) is 3.59. The number of benzene rings is 1. The molecular weight excluding hydrogens is 262 g/mol. The molecule has 1 unspecified atom stereocenters. The van der Waals surface area contributed by atoms with E-state index in [1.165, 1.54) is 24.8 Å². The number of para-hydroxylation sites is 1. The number of hydrogen-bond acceptors (Lipinski definition) is 3. The molecule has 1 N–H and O–H groups in total.